The summed E-state index contributed by atoms with van der Waals surface area (Å²) in [5.41, 5.74) is 2.23. The van der Waals surface area contributed by atoms with Crippen LogP contribution >= 0.6 is 0 Å². The number of hydrogen-bond acceptors (Lipinski definition) is 5. The molecule has 0 amide bonds. The van der Waals surface area contributed by atoms with Crippen LogP contribution in [0.5, 0.6) is 0 Å². The van der Waals surface area contributed by atoms with E-state index in [-0.39, 0.29) is 11.7 Å². The van der Waals surface area contributed by atoms with Gasteiger partial charge in [0.15, 0.2) is 0 Å². The van der Waals surface area contributed by atoms with E-state index >= 15 is 0 Å². The molecule has 4 heterocycles. The largest absolute Gasteiger partial charge is 0.522 e. The summed E-state index contributed by atoms with van der Waals surface area (Å²) in [7, 11) is 0. The molecule has 33 heavy (non-hydrogen) atoms. The second kappa shape index (κ2) is 8.25. The Bertz CT molecular complexity index is 1280. The maximum absolute atomic E-state index is 13.2. The number of pyridine rings is 1. The summed E-state index contributed by atoms with van der Waals surface area (Å²) in [6.45, 7) is 0. The van der Waals surface area contributed by atoms with Gasteiger partial charge in [0.2, 0.25) is 5.95 Å². The van der Waals surface area contributed by atoms with E-state index in [9.17, 15) is 22.0 Å². The van der Waals surface area contributed by atoms with Gasteiger partial charge in [0.05, 0.1) is 12.3 Å². The lowest BCUT2D eigenvalue weighted by Gasteiger charge is -2.29. The molecule has 12 heteroatoms. The van der Waals surface area contributed by atoms with Crippen LogP contribution in [0.25, 0.3) is 27.8 Å². The summed E-state index contributed by atoms with van der Waals surface area (Å²) in [6, 6.07) is 3.39. The fourth-order valence-electron chi connectivity index (χ4n) is 4.23. The zero-order chi connectivity index (χ0) is 23.2. The standard InChI is InChI=1S/C21H19F5N6O/c22-18(23)16-9-27-17-6-1-11(10-32(16)17)14-7-28-19-15(14)8-29-20(31-19)30-12-2-4-13(5-3-12)33-21(24,25)26/h1,6-10,12-13,18H,2-5H2,(H2,28,29,30,31)/t12-,13+. The number of alkyl halides is 5. The topological polar surface area (TPSA) is 80.1 Å². The van der Waals surface area contributed by atoms with Gasteiger partial charge in [-0.25, -0.2) is 18.7 Å². The minimum Gasteiger partial charge on any atom is -0.351 e. The highest BCUT2D eigenvalue weighted by molar-refractivity contribution is 5.93. The van der Waals surface area contributed by atoms with Crippen LogP contribution in [0.1, 0.15) is 37.8 Å². The Labute approximate surface area is 184 Å². The van der Waals surface area contributed by atoms with Gasteiger partial charge in [-0.3, -0.25) is 9.14 Å². The minimum absolute atomic E-state index is 0.0543. The molecular weight excluding hydrogens is 447 g/mol. The maximum atomic E-state index is 13.2. The number of hydrogen-bond donors (Lipinski definition) is 2. The third-order valence-corrected chi connectivity index (χ3v) is 5.81. The van der Waals surface area contributed by atoms with E-state index < -0.39 is 18.9 Å². The molecule has 0 aliphatic heterocycles. The zero-order valence-electron chi connectivity index (χ0n) is 17.1. The predicted molar refractivity (Wildman–Crippen MR) is 110 cm³/mol. The third kappa shape index (κ3) is 4.47. The lowest BCUT2D eigenvalue weighted by atomic mass is 9.93. The molecule has 0 spiro atoms. The molecule has 0 unspecified atom stereocenters. The lowest BCUT2D eigenvalue weighted by Crippen LogP contribution is -2.33. The monoisotopic (exact) mass is 466 g/mol. The van der Waals surface area contributed by atoms with Gasteiger partial charge >= 0.3 is 6.36 Å². The van der Waals surface area contributed by atoms with Crippen molar-refractivity contribution in [2.75, 3.05) is 5.32 Å². The van der Waals surface area contributed by atoms with Gasteiger partial charge in [-0.05, 0) is 37.8 Å². The summed E-state index contributed by atoms with van der Waals surface area (Å²) >= 11 is 0. The number of halogens is 5. The third-order valence-electron chi connectivity index (χ3n) is 5.81. The van der Waals surface area contributed by atoms with Crippen molar-refractivity contribution in [2.24, 2.45) is 0 Å². The summed E-state index contributed by atoms with van der Waals surface area (Å²) in [5, 5.41) is 3.88. The molecule has 174 valence electrons. The van der Waals surface area contributed by atoms with Crippen molar-refractivity contribution >= 4 is 22.6 Å². The van der Waals surface area contributed by atoms with Crippen molar-refractivity contribution in [1.29, 1.82) is 0 Å². The van der Waals surface area contributed by atoms with E-state index in [0.717, 1.165) is 11.8 Å². The number of nitrogens with one attached hydrogen (secondary N) is 2. The molecule has 5 rings (SSSR count). The van der Waals surface area contributed by atoms with Crippen molar-refractivity contribution in [2.45, 2.75) is 50.6 Å². The van der Waals surface area contributed by atoms with Crippen molar-refractivity contribution in [3.8, 4) is 11.1 Å². The molecule has 4 aromatic heterocycles. The van der Waals surface area contributed by atoms with Crippen LogP contribution in [0.15, 0.2) is 36.9 Å². The molecule has 0 radical (unpaired) electrons. The SMILES string of the molecule is FC(F)c1cnc2ccc(-c3c[nH]c4nc(N[C@H]5CC[C@@H](OC(F)(F)F)CC5)ncc34)cn12. The van der Waals surface area contributed by atoms with Gasteiger partial charge in [0, 0.05) is 41.1 Å². The number of fused-ring (bicyclic) bond motifs is 2. The molecule has 7 nitrogen and oxygen atoms in total. The Morgan fingerprint density at radius 3 is 2.61 bits per heavy atom. The van der Waals surface area contributed by atoms with Crippen LogP contribution in [0.3, 0.4) is 0 Å². The summed E-state index contributed by atoms with van der Waals surface area (Å²) in [6.07, 6.45) is -0.375. The molecule has 0 atom stereocenters. The quantitative estimate of drug-likeness (QED) is 0.382. The number of ether oxygens (including phenoxy) is 1. The van der Waals surface area contributed by atoms with E-state index in [1.165, 1.54) is 4.40 Å². The highest BCUT2D eigenvalue weighted by Crippen LogP contribution is 2.31. The second-order valence-electron chi connectivity index (χ2n) is 7.97. The number of aromatic nitrogens is 5. The number of rotatable bonds is 5. The minimum atomic E-state index is -4.62. The number of anilines is 1. The van der Waals surface area contributed by atoms with Crippen LogP contribution in [0, 0.1) is 0 Å². The van der Waals surface area contributed by atoms with Gasteiger partial charge in [0.1, 0.15) is 17.0 Å². The zero-order valence-corrected chi connectivity index (χ0v) is 17.1. The van der Waals surface area contributed by atoms with E-state index in [2.05, 4.69) is 30.0 Å². The first-order valence-corrected chi connectivity index (χ1v) is 10.4. The number of aromatic amines is 1. The lowest BCUT2D eigenvalue weighted by molar-refractivity contribution is -0.345. The fourth-order valence-corrected chi connectivity index (χ4v) is 4.23. The van der Waals surface area contributed by atoms with Gasteiger partial charge in [-0.15, -0.1) is 13.2 Å². The second-order valence-corrected chi connectivity index (χ2v) is 7.97. The highest BCUT2D eigenvalue weighted by Gasteiger charge is 2.35. The van der Waals surface area contributed by atoms with Crippen molar-refractivity contribution in [3.63, 3.8) is 0 Å². The number of imidazole rings is 1. The summed E-state index contributed by atoms with van der Waals surface area (Å²) < 4.78 is 69.1. The highest BCUT2D eigenvalue weighted by atomic mass is 19.4. The molecule has 1 aliphatic carbocycles. The normalized spacial score (nSPS) is 19.6. The van der Waals surface area contributed by atoms with Crippen molar-refractivity contribution in [1.82, 2.24) is 24.3 Å². The fraction of sp³-hybridized carbons (Fsp3) is 0.381. The molecule has 4 aromatic rings. The average molecular weight is 466 g/mol. The Morgan fingerprint density at radius 1 is 1.09 bits per heavy atom. The molecule has 1 aliphatic rings. The summed E-state index contributed by atoms with van der Waals surface area (Å²) in [5.74, 6) is 0.362. The van der Waals surface area contributed by atoms with Crippen molar-refractivity contribution < 1.29 is 26.7 Å². The average Bonchev–Trinajstić information content (AvgIpc) is 3.37. The first kappa shape index (κ1) is 21.6. The van der Waals surface area contributed by atoms with Gasteiger partial charge in [-0.2, -0.15) is 4.98 Å². The smallest absolute Gasteiger partial charge is 0.351 e. The Kier molecular flexibility index (Phi) is 5.39. The van der Waals surface area contributed by atoms with E-state index in [1.807, 2.05) is 0 Å². The molecule has 2 N–H and O–H groups in total. The first-order valence-electron chi connectivity index (χ1n) is 10.4. The molecule has 0 saturated heterocycles. The predicted octanol–water partition coefficient (Wildman–Crippen LogP) is 5.47. The summed E-state index contributed by atoms with van der Waals surface area (Å²) in [4.78, 5) is 15.9. The first-order chi connectivity index (χ1) is 15.8. The Hall–Kier alpha value is -3.28. The van der Waals surface area contributed by atoms with Crippen LogP contribution in [0.2, 0.25) is 0 Å². The molecule has 1 saturated carbocycles. The maximum Gasteiger partial charge on any atom is 0.522 e. The van der Waals surface area contributed by atoms with Crippen LogP contribution in [0.4, 0.5) is 27.9 Å². The molecule has 1 fully saturated rings. The molecule has 0 aromatic carbocycles. The molecular formula is C21H19F5N6O. The van der Waals surface area contributed by atoms with Crippen LogP contribution in [-0.2, 0) is 4.74 Å². The van der Waals surface area contributed by atoms with E-state index in [1.54, 1.807) is 30.7 Å². The number of nitrogens with zero attached hydrogens (tertiary/aromatic N) is 4. The number of H-pyrrole nitrogens is 1. The Morgan fingerprint density at radius 2 is 1.88 bits per heavy atom. The Balaban J connectivity index is 1.32. The van der Waals surface area contributed by atoms with Gasteiger partial charge in [-0.1, -0.05) is 0 Å². The van der Waals surface area contributed by atoms with Gasteiger partial charge in [0.25, 0.3) is 6.43 Å². The van der Waals surface area contributed by atoms with Crippen LogP contribution in [-0.4, -0.2) is 42.8 Å². The van der Waals surface area contributed by atoms with Gasteiger partial charge < -0.3 is 10.3 Å². The van der Waals surface area contributed by atoms with E-state index in [0.29, 0.717) is 53.9 Å². The van der Waals surface area contributed by atoms with Crippen LogP contribution < -0.4 is 5.32 Å². The van der Waals surface area contributed by atoms with Crippen molar-refractivity contribution in [3.05, 3.63) is 42.6 Å². The molecule has 0 bridgehead atoms. The van der Waals surface area contributed by atoms with E-state index in [4.69, 9.17) is 0 Å².